The molecule has 0 unspecified atom stereocenters. The van der Waals surface area contributed by atoms with E-state index in [4.69, 9.17) is 28.9 Å². The van der Waals surface area contributed by atoms with Crippen molar-refractivity contribution >= 4 is 43.3 Å². The molecule has 3 aliphatic carbocycles. The second-order valence-electron chi connectivity index (χ2n) is 24.9. The first-order valence-corrected chi connectivity index (χ1v) is 36.3. The zero-order valence-electron chi connectivity index (χ0n) is 48.6. The Morgan fingerprint density at radius 3 is 1.13 bits per heavy atom. The SMILES string of the molecule is C1CCC([PH+](C2CCCCC2)C2CCCCC2)CC1.COc1cc(C(C)C)c(N2[CH-]N(c3cc(C(C)(C)C)c(OC)cc3C(C)C)[C@H](c3ccccc3)[C@H]2c2ccccc2)cc1C(C)(C)C.[Cl][Ru]([Cl])=[CH]c1ccccc1. The molecule has 4 nitrogen and oxygen atoms in total. The van der Waals surface area contributed by atoms with Gasteiger partial charge < -0.3 is 19.3 Å². The molecule has 0 aromatic heterocycles. The van der Waals surface area contributed by atoms with E-state index in [1.807, 2.05) is 34.9 Å². The number of benzene rings is 5. The molecule has 1 aliphatic heterocycles. The van der Waals surface area contributed by atoms with Crippen molar-refractivity contribution in [1.29, 1.82) is 0 Å². The Labute approximate surface area is 476 Å². The molecule has 4 aliphatic rings. The summed E-state index contributed by atoms with van der Waals surface area (Å²) in [6.07, 6.45) is 23.8. The molecule has 1 heterocycles. The summed E-state index contributed by atoms with van der Waals surface area (Å²) in [5.74, 6) is 2.48. The van der Waals surface area contributed by atoms with Gasteiger partial charge >= 0.3 is 73.4 Å². The zero-order chi connectivity index (χ0) is 54.6. The van der Waals surface area contributed by atoms with Crippen LogP contribution in [-0.4, -0.2) is 35.8 Å². The van der Waals surface area contributed by atoms with E-state index >= 15 is 0 Å². The monoisotopic (exact) mass is 1170 g/mol. The number of halogens is 2. The van der Waals surface area contributed by atoms with E-state index < -0.39 is 13.5 Å². The predicted octanol–water partition coefficient (Wildman–Crippen LogP) is 20.4. The molecule has 5 aromatic carbocycles. The average Bonchev–Trinajstić information content (AvgIpc) is 3.82. The van der Waals surface area contributed by atoms with E-state index in [0.29, 0.717) is 11.8 Å². The van der Waals surface area contributed by atoms with Gasteiger partial charge in [-0.1, -0.05) is 149 Å². The summed E-state index contributed by atoms with van der Waals surface area (Å²) >= 11 is -1.61. The Balaban J connectivity index is 0.000000234. The van der Waals surface area contributed by atoms with Crippen LogP contribution >= 0.6 is 27.3 Å². The first-order valence-electron chi connectivity index (χ1n) is 29.1. The number of anilines is 2. The van der Waals surface area contributed by atoms with Crippen LogP contribution < -0.4 is 19.3 Å². The van der Waals surface area contributed by atoms with Crippen molar-refractivity contribution < 1.29 is 23.0 Å². The fourth-order valence-electron chi connectivity index (χ4n) is 13.0. The molecule has 2 atom stereocenters. The van der Waals surface area contributed by atoms with Crippen LogP contribution in [-0.2, 0) is 24.3 Å². The second-order valence-corrected chi connectivity index (χ2v) is 34.1. The maximum absolute atomic E-state index is 6.03. The first-order chi connectivity index (χ1) is 36.4. The molecule has 3 saturated carbocycles. The summed E-state index contributed by atoms with van der Waals surface area (Å²) in [7, 11) is 14.9. The van der Waals surface area contributed by atoms with Gasteiger partial charge in [-0.15, -0.1) is 0 Å². The number of hydrogen-bond donors (Lipinski definition) is 0. The van der Waals surface area contributed by atoms with Gasteiger partial charge in [-0.2, -0.15) is 6.67 Å². The van der Waals surface area contributed by atoms with Crippen molar-refractivity contribution in [2.45, 2.75) is 217 Å². The number of methoxy groups -OCH3 is 2. The molecule has 8 heteroatoms. The van der Waals surface area contributed by atoms with Gasteiger partial charge in [0.2, 0.25) is 0 Å². The molecule has 0 spiro atoms. The van der Waals surface area contributed by atoms with E-state index in [9.17, 15) is 0 Å². The van der Waals surface area contributed by atoms with Crippen molar-refractivity contribution in [1.82, 2.24) is 0 Å². The summed E-state index contributed by atoms with van der Waals surface area (Å²) in [5, 5.41) is 0. The Kier molecular flexibility index (Phi) is 22.5. The molecule has 4 fully saturated rings. The quantitative estimate of drug-likeness (QED) is 0.0706. The zero-order valence-corrected chi connectivity index (χ0v) is 52.8. The number of rotatable bonds is 12. The van der Waals surface area contributed by atoms with Gasteiger partial charge in [-0.05, 0) is 146 Å². The second kappa shape index (κ2) is 28.3. The Morgan fingerprint density at radius 1 is 0.513 bits per heavy atom. The molecule has 1 saturated heterocycles. The summed E-state index contributed by atoms with van der Waals surface area (Å²) in [6, 6.07) is 41.3. The van der Waals surface area contributed by atoms with E-state index in [1.54, 1.807) is 111 Å². The third kappa shape index (κ3) is 15.6. The van der Waals surface area contributed by atoms with Crippen LogP contribution in [0.4, 0.5) is 11.4 Å². The number of nitrogens with zero attached hydrogens (tertiary/aromatic N) is 2. The van der Waals surface area contributed by atoms with Crippen LogP contribution in [0.1, 0.15) is 228 Å². The van der Waals surface area contributed by atoms with Gasteiger partial charge in [-0.25, -0.2) is 0 Å². The van der Waals surface area contributed by atoms with Crippen LogP contribution in [0.3, 0.4) is 0 Å². The third-order valence-electron chi connectivity index (χ3n) is 16.8. The predicted molar refractivity (Wildman–Crippen MR) is 331 cm³/mol. The van der Waals surface area contributed by atoms with Crippen LogP contribution in [0.15, 0.2) is 115 Å². The van der Waals surface area contributed by atoms with Crippen LogP contribution in [0.2, 0.25) is 0 Å². The van der Waals surface area contributed by atoms with Crippen molar-refractivity contribution in [3.8, 4) is 11.5 Å². The normalized spacial score (nSPS) is 19.2. The van der Waals surface area contributed by atoms with E-state index in [-0.39, 0.29) is 30.8 Å². The summed E-state index contributed by atoms with van der Waals surface area (Å²) < 4.78 is 14.0. The van der Waals surface area contributed by atoms with Crippen molar-refractivity contribution in [3.05, 3.63) is 161 Å². The molecule has 0 bridgehead atoms. The van der Waals surface area contributed by atoms with Crippen molar-refractivity contribution in [2.24, 2.45) is 0 Å². The van der Waals surface area contributed by atoms with Gasteiger partial charge in [0.05, 0.1) is 43.3 Å². The van der Waals surface area contributed by atoms with Gasteiger partial charge in [0.1, 0.15) is 11.5 Å². The third-order valence-corrected chi connectivity index (χ3v) is 23.2. The van der Waals surface area contributed by atoms with Gasteiger partial charge in [0, 0.05) is 30.4 Å². The fraction of sp³-hybridized carbons (Fsp3) is 0.529. The fourth-order valence-corrected chi connectivity index (χ4v) is 20.0. The molecule has 5 aromatic rings. The van der Waals surface area contributed by atoms with Crippen LogP contribution in [0.25, 0.3) is 0 Å². The standard InChI is InChI=1S/C43H55N2O2.C18H33P.C7H6.2ClH.Ru/c1-28(2)32-23-38(46-11)34(42(5,6)7)25-36(32)44-27-45(37-26-35(43(8,9)10)39(47-12)24-33(37)29(3)4)41(31-21-17-14-18-22-31)40(44)30-19-15-13-16-20-30;1-4-10-16(11-5-1)19(17-12-6-2-7-13-17)18-14-8-3-9-15-18;1-7-5-3-2-4-6-7;;;/h13-29,40-41H,1-12H3;16-18H,1-15H2;1-6H;2*1H;/q-1;;;;;+2/p-1/t40-,41-;;;;;/m1...../s1. The first kappa shape index (κ1) is 60.4. The van der Waals surface area contributed by atoms with Crippen molar-refractivity contribution in [2.75, 3.05) is 24.0 Å². The van der Waals surface area contributed by atoms with E-state index in [2.05, 4.69) is 171 Å². The molecule has 0 amide bonds. The number of hydrogen-bond acceptors (Lipinski definition) is 4. The summed E-state index contributed by atoms with van der Waals surface area (Å²) in [6.45, 7) is 25.1. The van der Waals surface area contributed by atoms with Crippen LogP contribution in [0.5, 0.6) is 11.5 Å². The minimum atomic E-state index is -1.61. The van der Waals surface area contributed by atoms with E-state index in [0.717, 1.165) is 17.1 Å². The van der Waals surface area contributed by atoms with Crippen molar-refractivity contribution in [3.63, 3.8) is 0 Å². The van der Waals surface area contributed by atoms with Gasteiger partial charge in [-0.3, -0.25) is 0 Å². The molecule has 416 valence electrons. The summed E-state index contributed by atoms with van der Waals surface area (Å²) in [4.78, 5) is 5.09. The summed E-state index contributed by atoms with van der Waals surface area (Å²) in [5.41, 5.74) is 14.6. The Bertz CT molecular complexity index is 2400. The molecule has 9 rings (SSSR count). The van der Waals surface area contributed by atoms with Gasteiger partial charge in [0.15, 0.2) is 0 Å². The van der Waals surface area contributed by atoms with E-state index in [1.165, 1.54) is 61.7 Å². The molecule has 76 heavy (non-hydrogen) atoms. The minimum absolute atomic E-state index is 0.0116. The topological polar surface area (TPSA) is 24.9 Å². The molecular weight excluding hydrogens is 1080 g/mol. The molecular formula is C68H95Cl2N2O2PRu. The van der Waals surface area contributed by atoms with Gasteiger partial charge in [0.25, 0.3) is 0 Å². The maximum atomic E-state index is 6.03. The average molecular weight is 1180 g/mol. The Hall–Kier alpha value is -3.20. The number of ether oxygens (including phenoxy) is 2. The van der Waals surface area contributed by atoms with Crippen LogP contribution in [0, 0.1) is 6.67 Å². The Morgan fingerprint density at radius 2 is 0.842 bits per heavy atom. The molecule has 0 N–H and O–H groups in total. The molecule has 0 radical (unpaired) electrons.